The van der Waals surface area contributed by atoms with Crippen molar-refractivity contribution in [3.63, 3.8) is 0 Å². The Morgan fingerprint density at radius 1 is 1.20 bits per heavy atom. The topological polar surface area (TPSA) is 55.7 Å². The third-order valence-electron chi connectivity index (χ3n) is 7.34. The van der Waals surface area contributed by atoms with Gasteiger partial charge in [0.25, 0.3) is 0 Å². The Kier molecular flexibility index (Phi) is 6.82. The molecule has 1 aromatic heterocycles. The lowest BCUT2D eigenvalue weighted by Crippen LogP contribution is -2.31. The lowest BCUT2D eigenvalue weighted by atomic mass is 10.0. The monoisotopic (exact) mass is 473 g/mol. The Morgan fingerprint density at radius 3 is 2.86 bits per heavy atom. The van der Waals surface area contributed by atoms with Crippen molar-refractivity contribution in [3.05, 3.63) is 65.4 Å². The number of carbonyl (C=O) groups excluding carboxylic acids is 1. The number of methoxy groups -OCH3 is 1. The highest BCUT2D eigenvalue weighted by Crippen LogP contribution is 2.42. The molecule has 0 saturated carbocycles. The molecule has 1 N–H and O–H groups in total. The maximum absolute atomic E-state index is 12.7. The molecule has 1 saturated heterocycles. The first-order chi connectivity index (χ1) is 17.0. The van der Waals surface area contributed by atoms with E-state index in [-0.39, 0.29) is 5.91 Å². The summed E-state index contributed by atoms with van der Waals surface area (Å²) >= 11 is 0. The van der Waals surface area contributed by atoms with Crippen LogP contribution in [0.25, 0.3) is 16.9 Å². The van der Waals surface area contributed by atoms with Crippen LogP contribution in [0.3, 0.4) is 0 Å². The van der Waals surface area contributed by atoms with Gasteiger partial charge in [-0.05, 0) is 82.1 Å². The molecule has 184 valence electrons. The SMILES string of the molecule is COc1cc(C)ccc1-n1c(CCC(=O)NCCC2CCCN2C)cc2c1-c1ccccc1OC2. The number of hydrogen-bond acceptors (Lipinski definition) is 4. The molecule has 6 nitrogen and oxygen atoms in total. The van der Waals surface area contributed by atoms with Crippen molar-refractivity contribution in [1.82, 2.24) is 14.8 Å². The molecule has 0 spiro atoms. The minimum atomic E-state index is 0.101. The molecule has 5 rings (SSSR count). The molecule has 1 unspecified atom stereocenters. The molecule has 0 radical (unpaired) electrons. The standard InChI is InChI=1S/C29H35N3O3/c1-20-10-12-25(27(17-20)34-3)32-23(11-13-28(33)30-15-14-22-7-6-16-31(22)2)18-21-19-35-26-9-5-4-8-24(26)29(21)32/h4-5,8-10,12,17-18,22H,6-7,11,13-16,19H2,1-3H3,(H,30,33). The van der Waals surface area contributed by atoms with Crippen LogP contribution in [0.15, 0.2) is 48.5 Å². The summed E-state index contributed by atoms with van der Waals surface area (Å²) in [7, 11) is 3.89. The highest BCUT2D eigenvalue weighted by Gasteiger charge is 2.26. The lowest BCUT2D eigenvalue weighted by Gasteiger charge is -2.22. The smallest absolute Gasteiger partial charge is 0.220 e. The predicted octanol–water partition coefficient (Wildman–Crippen LogP) is 4.89. The van der Waals surface area contributed by atoms with E-state index in [1.165, 1.54) is 12.8 Å². The Hall–Kier alpha value is -3.25. The van der Waals surface area contributed by atoms with Gasteiger partial charge in [-0.25, -0.2) is 0 Å². The van der Waals surface area contributed by atoms with Gasteiger partial charge in [-0.1, -0.05) is 18.2 Å². The fourth-order valence-electron chi connectivity index (χ4n) is 5.45. The van der Waals surface area contributed by atoms with E-state index in [4.69, 9.17) is 9.47 Å². The zero-order chi connectivity index (χ0) is 24.4. The number of rotatable bonds is 8. The maximum atomic E-state index is 12.7. The van der Waals surface area contributed by atoms with E-state index in [1.54, 1.807) is 7.11 Å². The number of nitrogens with one attached hydrogen (secondary N) is 1. The second-order valence-electron chi connectivity index (χ2n) is 9.72. The van der Waals surface area contributed by atoms with Crippen molar-refractivity contribution in [2.24, 2.45) is 0 Å². The van der Waals surface area contributed by atoms with Gasteiger partial charge in [0.15, 0.2) is 0 Å². The number of likely N-dealkylation sites (tertiary alicyclic amines) is 1. The van der Waals surface area contributed by atoms with Gasteiger partial charge in [0.05, 0.1) is 18.5 Å². The molecule has 3 heterocycles. The number of para-hydroxylation sites is 1. The Morgan fingerprint density at radius 2 is 2.06 bits per heavy atom. The summed E-state index contributed by atoms with van der Waals surface area (Å²) in [6.45, 7) is 4.48. The number of carbonyl (C=O) groups is 1. The fraction of sp³-hybridized carbons (Fsp3) is 0.414. The summed E-state index contributed by atoms with van der Waals surface area (Å²) in [4.78, 5) is 15.1. The predicted molar refractivity (Wildman–Crippen MR) is 138 cm³/mol. The van der Waals surface area contributed by atoms with E-state index in [2.05, 4.69) is 59.1 Å². The first-order valence-corrected chi connectivity index (χ1v) is 12.6. The van der Waals surface area contributed by atoms with Crippen molar-refractivity contribution in [3.8, 4) is 28.4 Å². The minimum Gasteiger partial charge on any atom is -0.495 e. The Labute approximate surface area is 207 Å². The average Bonchev–Trinajstić information content (AvgIpc) is 3.45. The average molecular weight is 474 g/mol. The van der Waals surface area contributed by atoms with Crippen LogP contribution in [0.5, 0.6) is 11.5 Å². The third-order valence-corrected chi connectivity index (χ3v) is 7.34. The first kappa shape index (κ1) is 23.5. The number of benzene rings is 2. The molecule has 3 aromatic rings. The van der Waals surface area contributed by atoms with Gasteiger partial charge in [0.2, 0.25) is 5.91 Å². The number of hydrogen-bond donors (Lipinski definition) is 1. The third kappa shape index (κ3) is 4.80. The van der Waals surface area contributed by atoms with Crippen LogP contribution in [0, 0.1) is 6.92 Å². The van der Waals surface area contributed by atoms with Crippen LogP contribution >= 0.6 is 0 Å². The van der Waals surface area contributed by atoms with Crippen LogP contribution in [0.4, 0.5) is 0 Å². The van der Waals surface area contributed by atoms with Crippen LogP contribution < -0.4 is 14.8 Å². The van der Waals surface area contributed by atoms with E-state index in [9.17, 15) is 4.79 Å². The van der Waals surface area contributed by atoms with E-state index in [1.807, 2.05) is 18.2 Å². The van der Waals surface area contributed by atoms with Crippen molar-refractivity contribution >= 4 is 5.91 Å². The molecule has 0 aliphatic carbocycles. The van der Waals surface area contributed by atoms with Gasteiger partial charge in [-0.15, -0.1) is 0 Å². The van der Waals surface area contributed by atoms with Crippen LogP contribution in [-0.4, -0.2) is 48.7 Å². The fourth-order valence-corrected chi connectivity index (χ4v) is 5.45. The summed E-state index contributed by atoms with van der Waals surface area (Å²) in [5.74, 6) is 1.80. The summed E-state index contributed by atoms with van der Waals surface area (Å²) in [6, 6.07) is 17.2. The number of aryl methyl sites for hydroxylation is 2. The van der Waals surface area contributed by atoms with E-state index in [0.29, 0.717) is 25.5 Å². The highest BCUT2D eigenvalue weighted by molar-refractivity contribution is 5.78. The van der Waals surface area contributed by atoms with Crippen LogP contribution in [0.2, 0.25) is 0 Å². The second kappa shape index (κ2) is 10.2. The highest BCUT2D eigenvalue weighted by atomic mass is 16.5. The Balaban J connectivity index is 1.40. The van der Waals surface area contributed by atoms with E-state index < -0.39 is 0 Å². The van der Waals surface area contributed by atoms with Crippen molar-refractivity contribution in [1.29, 1.82) is 0 Å². The lowest BCUT2D eigenvalue weighted by molar-refractivity contribution is -0.121. The van der Waals surface area contributed by atoms with Gasteiger partial charge in [0, 0.05) is 35.8 Å². The molecule has 2 aromatic carbocycles. The van der Waals surface area contributed by atoms with Crippen molar-refractivity contribution in [2.75, 3.05) is 27.2 Å². The van der Waals surface area contributed by atoms with Gasteiger partial charge in [-0.3, -0.25) is 4.79 Å². The second-order valence-corrected chi connectivity index (χ2v) is 9.72. The van der Waals surface area contributed by atoms with Crippen LogP contribution in [0.1, 0.15) is 42.5 Å². The summed E-state index contributed by atoms with van der Waals surface area (Å²) in [5, 5.41) is 3.14. The first-order valence-electron chi connectivity index (χ1n) is 12.6. The number of amides is 1. The maximum Gasteiger partial charge on any atom is 0.220 e. The van der Waals surface area contributed by atoms with E-state index >= 15 is 0 Å². The molecule has 0 bridgehead atoms. The van der Waals surface area contributed by atoms with Gasteiger partial charge < -0.3 is 24.3 Å². The number of fused-ring (bicyclic) bond motifs is 3. The molecule has 1 amide bonds. The van der Waals surface area contributed by atoms with E-state index in [0.717, 1.165) is 64.8 Å². The van der Waals surface area contributed by atoms with Crippen LogP contribution in [-0.2, 0) is 17.8 Å². The number of nitrogens with zero attached hydrogens (tertiary/aromatic N) is 2. The minimum absolute atomic E-state index is 0.101. The molecule has 1 fully saturated rings. The molecule has 1 atom stereocenters. The van der Waals surface area contributed by atoms with Gasteiger partial charge in [0.1, 0.15) is 18.1 Å². The summed E-state index contributed by atoms with van der Waals surface area (Å²) < 4.78 is 14.1. The summed E-state index contributed by atoms with van der Waals surface area (Å²) in [6.07, 6.45) is 4.59. The zero-order valence-corrected chi connectivity index (χ0v) is 21.0. The zero-order valence-electron chi connectivity index (χ0n) is 21.0. The Bertz CT molecular complexity index is 1220. The van der Waals surface area contributed by atoms with Gasteiger partial charge in [-0.2, -0.15) is 0 Å². The quantitative estimate of drug-likeness (QED) is 0.506. The van der Waals surface area contributed by atoms with Crippen molar-refractivity contribution < 1.29 is 14.3 Å². The molecule has 6 heteroatoms. The summed E-state index contributed by atoms with van der Waals surface area (Å²) in [5.41, 5.74) is 6.52. The normalized spacial score (nSPS) is 16.9. The molecular weight excluding hydrogens is 438 g/mol. The van der Waals surface area contributed by atoms with Crippen molar-refractivity contribution in [2.45, 2.75) is 51.7 Å². The number of ether oxygens (including phenoxy) is 2. The molecule has 35 heavy (non-hydrogen) atoms. The largest absolute Gasteiger partial charge is 0.495 e. The molecule has 2 aliphatic heterocycles. The molecular formula is C29H35N3O3. The number of aromatic nitrogens is 1. The molecule has 2 aliphatic rings. The van der Waals surface area contributed by atoms with Gasteiger partial charge >= 0.3 is 0 Å².